The third-order valence-electron chi connectivity index (χ3n) is 3.77. The summed E-state index contributed by atoms with van der Waals surface area (Å²) in [4.78, 5) is 24.1. The van der Waals surface area contributed by atoms with Crippen molar-refractivity contribution in [3.8, 4) is 0 Å². The molecule has 0 aromatic heterocycles. The van der Waals surface area contributed by atoms with Crippen LogP contribution in [0.2, 0.25) is 5.02 Å². The van der Waals surface area contributed by atoms with Crippen LogP contribution < -0.4 is 10.6 Å². The molecule has 0 spiro atoms. The van der Waals surface area contributed by atoms with Crippen LogP contribution in [0.3, 0.4) is 0 Å². The number of nitrogens with one attached hydrogen (secondary N) is 2. The third-order valence-corrected chi connectivity index (χ3v) is 4.03. The smallest absolute Gasteiger partial charge is 0.251 e. The summed E-state index contributed by atoms with van der Waals surface area (Å²) in [6, 6.07) is 14.6. The highest BCUT2D eigenvalue weighted by Crippen LogP contribution is 2.16. The molecule has 0 radical (unpaired) electrons. The van der Waals surface area contributed by atoms with Gasteiger partial charge in [0.15, 0.2) is 0 Å². The Labute approximate surface area is 147 Å². The van der Waals surface area contributed by atoms with Crippen LogP contribution in [0.4, 0.5) is 0 Å². The molecule has 5 heteroatoms. The van der Waals surface area contributed by atoms with Crippen molar-refractivity contribution in [2.45, 2.75) is 26.3 Å². The zero-order valence-electron chi connectivity index (χ0n) is 13.8. The lowest BCUT2D eigenvalue weighted by atomic mass is 10.1. The Balaban J connectivity index is 1.78. The van der Waals surface area contributed by atoms with Gasteiger partial charge in [-0.3, -0.25) is 9.59 Å². The van der Waals surface area contributed by atoms with Gasteiger partial charge in [-0.1, -0.05) is 41.9 Å². The molecular formula is C19H21ClN2O2. The highest BCUT2D eigenvalue weighted by molar-refractivity contribution is 6.30. The number of rotatable bonds is 6. The number of aryl methyl sites for hydroxylation is 1. The number of hydrogen-bond donors (Lipinski definition) is 2. The Kier molecular flexibility index (Phi) is 6.38. The number of halogens is 1. The van der Waals surface area contributed by atoms with Crippen molar-refractivity contribution in [3.05, 3.63) is 70.2 Å². The normalized spacial score (nSPS) is 11.6. The number of benzene rings is 2. The van der Waals surface area contributed by atoms with Gasteiger partial charge in [-0.2, -0.15) is 0 Å². The fourth-order valence-corrected chi connectivity index (χ4v) is 2.49. The molecule has 2 aromatic carbocycles. The lowest BCUT2D eigenvalue weighted by Gasteiger charge is -2.14. The fourth-order valence-electron chi connectivity index (χ4n) is 2.36. The molecule has 2 rings (SSSR count). The molecule has 0 heterocycles. The van der Waals surface area contributed by atoms with Gasteiger partial charge in [-0.15, -0.1) is 0 Å². The summed E-state index contributed by atoms with van der Waals surface area (Å²) in [7, 11) is 0. The van der Waals surface area contributed by atoms with E-state index in [1.807, 2.05) is 44.2 Å². The highest BCUT2D eigenvalue weighted by Gasteiger charge is 2.11. The lowest BCUT2D eigenvalue weighted by Crippen LogP contribution is -2.32. The van der Waals surface area contributed by atoms with Gasteiger partial charge >= 0.3 is 0 Å². The number of carbonyl (C=O) groups excluding carboxylic acids is 2. The number of carbonyl (C=O) groups is 2. The molecule has 2 N–H and O–H groups in total. The predicted octanol–water partition coefficient (Wildman–Crippen LogP) is 3.65. The Hall–Kier alpha value is -2.33. The molecule has 0 aliphatic carbocycles. The minimum absolute atomic E-state index is 0.109. The van der Waals surface area contributed by atoms with Crippen LogP contribution in [0, 0.1) is 6.92 Å². The van der Waals surface area contributed by atoms with E-state index in [-0.39, 0.29) is 24.3 Å². The van der Waals surface area contributed by atoms with Crippen LogP contribution in [-0.4, -0.2) is 18.4 Å². The van der Waals surface area contributed by atoms with Crippen LogP contribution in [0.15, 0.2) is 48.5 Å². The Morgan fingerprint density at radius 1 is 1.08 bits per heavy atom. The Morgan fingerprint density at radius 2 is 1.75 bits per heavy atom. The molecule has 2 aromatic rings. The van der Waals surface area contributed by atoms with Gasteiger partial charge in [0.2, 0.25) is 5.91 Å². The largest absolute Gasteiger partial charge is 0.352 e. The second kappa shape index (κ2) is 8.50. The molecule has 0 saturated heterocycles. The van der Waals surface area contributed by atoms with E-state index >= 15 is 0 Å². The van der Waals surface area contributed by atoms with Crippen LogP contribution in [0.5, 0.6) is 0 Å². The molecule has 1 atom stereocenters. The molecular weight excluding hydrogens is 324 g/mol. The molecule has 0 aliphatic rings. The first-order valence-corrected chi connectivity index (χ1v) is 8.24. The maximum absolute atomic E-state index is 12.1. The molecule has 0 fully saturated rings. The van der Waals surface area contributed by atoms with Gasteiger partial charge in [0.25, 0.3) is 5.91 Å². The minimum atomic E-state index is -0.161. The van der Waals surface area contributed by atoms with Crippen molar-refractivity contribution in [2.24, 2.45) is 0 Å². The van der Waals surface area contributed by atoms with Crippen LogP contribution >= 0.6 is 11.6 Å². The van der Waals surface area contributed by atoms with E-state index in [0.717, 1.165) is 11.1 Å². The molecule has 0 aliphatic heterocycles. The summed E-state index contributed by atoms with van der Waals surface area (Å²) in [6.07, 6.45) is 0.232. The summed E-state index contributed by atoms with van der Waals surface area (Å²) in [5.41, 5.74) is 2.53. The zero-order valence-corrected chi connectivity index (χ0v) is 14.6. The van der Waals surface area contributed by atoms with Crippen molar-refractivity contribution in [1.29, 1.82) is 0 Å². The quantitative estimate of drug-likeness (QED) is 0.840. The topological polar surface area (TPSA) is 58.2 Å². The summed E-state index contributed by atoms with van der Waals surface area (Å²) in [5, 5.41) is 6.34. The van der Waals surface area contributed by atoms with Gasteiger partial charge in [-0.25, -0.2) is 0 Å². The van der Waals surface area contributed by atoms with Crippen molar-refractivity contribution >= 4 is 23.4 Å². The van der Waals surface area contributed by atoms with E-state index in [4.69, 9.17) is 11.6 Å². The van der Waals surface area contributed by atoms with E-state index in [1.165, 1.54) is 0 Å². The van der Waals surface area contributed by atoms with E-state index in [2.05, 4.69) is 10.6 Å². The first-order chi connectivity index (χ1) is 11.5. The summed E-state index contributed by atoms with van der Waals surface area (Å²) in [5.74, 6) is -0.269. The fraction of sp³-hybridized carbons (Fsp3) is 0.263. The van der Waals surface area contributed by atoms with Crippen LogP contribution in [0.1, 0.15) is 40.9 Å². The van der Waals surface area contributed by atoms with Gasteiger partial charge < -0.3 is 10.6 Å². The maximum Gasteiger partial charge on any atom is 0.251 e. The minimum Gasteiger partial charge on any atom is -0.352 e. The summed E-state index contributed by atoms with van der Waals surface area (Å²) >= 11 is 5.85. The van der Waals surface area contributed by atoms with Gasteiger partial charge in [0.1, 0.15) is 0 Å². The second-order valence-electron chi connectivity index (χ2n) is 5.66. The number of hydrogen-bond acceptors (Lipinski definition) is 2. The zero-order chi connectivity index (χ0) is 17.5. The highest BCUT2D eigenvalue weighted by atomic mass is 35.5. The summed E-state index contributed by atoms with van der Waals surface area (Å²) < 4.78 is 0. The van der Waals surface area contributed by atoms with E-state index < -0.39 is 0 Å². The first kappa shape index (κ1) is 18.0. The van der Waals surface area contributed by atoms with Crippen molar-refractivity contribution in [2.75, 3.05) is 6.54 Å². The first-order valence-electron chi connectivity index (χ1n) is 7.86. The molecule has 0 saturated carbocycles. The maximum atomic E-state index is 12.1. The molecule has 0 bridgehead atoms. The number of amides is 2. The standard InChI is InChI=1S/C19H21ClN2O2/c1-13-5-3-4-6-17(13)19(24)21-12-11-18(23)22-14(2)15-7-9-16(20)10-8-15/h3-10,14H,11-12H2,1-2H3,(H,21,24)(H,22,23)/t14-/m1/s1. The van der Waals surface area contributed by atoms with Crippen LogP contribution in [0.25, 0.3) is 0 Å². The third kappa shape index (κ3) is 5.10. The van der Waals surface area contributed by atoms with Crippen LogP contribution in [-0.2, 0) is 4.79 Å². The van der Waals surface area contributed by atoms with Gasteiger partial charge in [-0.05, 0) is 43.2 Å². The van der Waals surface area contributed by atoms with E-state index in [1.54, 1.807) is 18.2 Å². The van der Waals surface area contributed by atoms with Crippen molar-refractivity contribution in [1.82, 2.24) is 10.6 Å². The monoisotopic (exact) mass is 344 g/mol. The van der Waals surface area contributed by atoms with Crippen molar-refractivity contribution in [3.63, 3.8) is 0 Å². The van der Waals surface area contributed by atoms with E-state index in [0.29, 0.717) is 17.1 Å². The molecule has 0 unspecified atom stereocenters. The SMILES string of the molecule is Cc1ccccc1C(=O)NCCC(=O)N[C@H](C)c1ccc(Cl)cc1. The Bertz CT molecular complexity index is 714. The average Bonchev–Trinajstić information content (AvgIpc) is 2.55. The summed E-state index contributed by atoms with van der Waals surface area (Å²) in [6.45, 7) is 4.09. The van der Waals surface area contributed by atoms with E-state index in [9.17, 15) is 9.59 Å². The molecule has 4 nitrogen and oxygen atoms in total. The average molecular weight is 345 g/mol. The molecule has 24 heavy (non-hydrogen) atoms. The van der Waals surface area contributed by atoms with Gasteiger partial charge in [0.05, 0.1) is 6.04 Å². The second-order valence-corrected chi connectivity index (χ2v) is 6.10. The Morgan fingerprint density at radius 3 is 2.42 bits per heavy atom. The molecule has 126 valence electrons. The van der Waals surface area contributed by atoms with Crippen molar-refractivity contribution < 1.29 is 9.59 Å². The van der Waals surface area contributed by atoms with Gasteiger partial charge in [0, 0.05) is 23.6 Å². The predicted molar refractivity (Wildman–Crippen MR) is 96.1 cm³/mol. The lowest BCUT2D eigenvalue weighted by molar-refractivity contribution is -0.121. The molecule has 2 amide bonds.